The number of benzene rings is 3. The molecule has 0 spiro atoms. The Morgan fingerprint density at radius 1 is 0.969 bits per heavy atom. The summed E-state index contributed by atoms with van der Waals surface area (Å²) >= 11 is 1.49. The van der Waals surface area contributed by atoms with Crippen molar-refractivity contribution in [3.05, 3.63) is 84.2 Å². The van der Waals surface area contributed by atoms with Crippen molar-refractivity contribution in [2.45, 2.75) is 6.42 Å². The van der Waals surface area contributed by atoms with Crippen molar-refractivity contribution in [3.63, 3.8) is 0 Å². The Bertz CT molecular complexity index is 1540. The van der Waals surface area contributed by atoms with Crippen LogP contribution in [0.5, 0.6) is 5.75 Å². The smallest absolute Gasteiger partial charge is 0.235 e. The van der Waals surface area contributed by atoms with Gasteiger partial charge in [-0.05, 0) is 46.7 Å². The molecule has 0 aliphatic heterocycles. The number of H-pyrrole nitrogens is 1. The molecule has 6 aromatic rings. The molecule has 0 aliphatic carbocycles. The first-order chi connectivity index (χ1) is 15.8. The lowest BCUT2D eigenvalue weighted by Gasteiger charge is -2.04. The molecule has 6 rings (SSSR count). The molecule has 0 fully saturated rings. The van der Waals surface area contributed by atoms with Crippen molar-refractivity contribution in [3.8, 4) is 27.7 Å². The molecule has 32 heavy (non-hydrogen) atoms. The Hall–Kier alpha value is -4.04. The van der Waals surface area contributed by atoms with E-state index >= 15 is 0 Å². The molecule has 7 nitrogen and oxygen atoms in total. The molecule has 0 amide bonds. The summed E-state index contributed by atoms with van der Waals surface area (Å²) in [4.78, 5) is 0.760. The number of nitrogens with zero attached hydrogens (tertiary/aromatic N) is 5. The number of aromatic amines is 1. The number of hydrogen-bond acceptors (Lipinski definition) is 6. The van der Waals surface area contributed by atoms with E-state index < -0.39 is 0 Å². The first kappa shape index (κ1) is 18.7. The van der Waals surface area contributed by atoms with Gasteiger partial charge in [-0.2, -0.15) is 14.7 Å². The Morgan fingerprint density at radius 3 is 2.69 bits per heavy atom. The van der Waals surface area contributed by atoms with Gasteiger partial charge >= 0.3 is 0 Å². The SMILES string of the molecule is COc1ccc(-c2cc(-c3nn4c(Cc5cccc6ccccc56)nnc4s3)[nH]n2)cc1. The van der Waals surface area contributed by atoms with Gasteiger partial charge in [0.2, 0.25) is 4.96 Å². The topological polar surface area (TPSA) is 81.0 Å². The van der Waals surface area contributed by atoms with Gasteiger partial charge in [0.15, 0.2) is 10.8 Å². The fourth-order valence-electron chi connectivity index (χ4n) is 3.83. The molecular formula is C24H18N6OS. The summed E-state index contributed by atoms with van der Waals surface area (Å²) in [6, 6.07) is 24.5. The molecule has 0 saturated heterocycles. The summed E-state index contributed by atoms with van der Waals surface area (Å²) in [6.07, 6.45) is 0.658. The van der Waals surface area contributed by atoms with Crippen molar-refractivity contribution >= 4 is 27.1 Å². The van der Waals surface area contributed by atoms with Crippen LogP contribution in [-0.2, 0) is 6.42 Å². The van der Waals surface area contributed by atoms with Gasteiger partial charge < -0.3 is 4.74 Å². The molecule has 8 heteroatoms. The number of fused-ring (bicyclic) bond motifs is 2. The van der Waals surface area contributed by atoms with E-state index in [2.05, 4.69) is 62.9 Å². The minimum absolute atomic E-state index is 0.658. The summed E-state index contributed by atoms with van der Waals surface area (Å²) in [5, 5.41) is 24.3. The van der Waals surface area contributed by atoms with Gasteiger partial charge in [0, 0.05) is 12.0 Å². The lowest BCUT2D eigenvalue weighted by atomic mass is 10.0. The molecule has 0 atom stereocenters. The van der Waals surface area contributed by atoms with E-state index in [-0.39, 0.29) is 0 Å². The molecule has 0 aliphatic rings. The number of hydrogen-bond donors (Lipinski definition) is 1. The Morgan fingerprint density at radius 2 is 1.81 bits per heavy atom. The summed E-state index contributed by atoms with van der Waals surface area (Å²) in [5.41, 5.74) is 3.91. The highest BCUT2D eigenvalue weighted by atomic mass is 32.1. The maximum Gasteiger partial charge on any atom is 0.235 e. The molecule has 0 bridgehead atoms. The zero-order valence-corrected chi connectivity index (χ0v) is 18.0. The van der Waals surface area contributed by atoms with Gasteiger partial charge in [-0.3, -0.25) is 5.10 Å². The normalized spacial score (nSPS) is 11.4. The molecule has 3 aromatic heterocycles. The average Bonchev–Trinajstić information content (AvgIpc) is 3.56. The van der Waals surface area contributed by atoms with Crippen LogP contribution in [0.1, 0.15) is 11.4 Å². The van der Waals surface area contributed by atoms with Crippen molar-refractivity contribution in [1.29, 1.82) is 0 Å². The average molecular weight is 439 g/mol. The van der Waals surface area contributed by atoms with Gasteiger partial charge in [-0.15, -0.1) is 10.2 Å². The van der Waals surface area contributed by atoms with Gasteiger partial charge in [-0.1, -0.05) is 53.8 Å². The molecule has 3 aromatic carbocycles. The highest BCUT2D eigenvalue weighted by Crippen LogP contribution is 2.29. The van der Waals surface area contributed by atoms with E-state index in [4.69, 9.17) is 9.84 Å². The van der Waals surface area contributed by atoms with E-state index in [1.807, 2.05) is 34.8 Å². The Labute approximate surface area is 187 Å². The van der Waals surface area contributed by atoms with Crippen molar-refractivity contribution in [1.82, 2.24) is 30.0 Å². The van der Waals surface area contributed by atoms with E-state index in [9.17, 15) is 0 Å². The number of aromatic nitrogens is 6. The predicted octanol–water partition coefficient (Wildman–Crippen LogP) is 5.00. The van der Waals surface area contributed by atoms with Crippen molar-refractivity contribution < 1.29 is 4.74 Å². The van der Waals surface area contributed by atoms with Gasteiger partial charge in [0.25, 0.3) is 0 Å². The Balaban J connectivity index is 1.32. The predicted molar refractivity (Wildman–Crippen MR) is 125 cm³/mol. The third-order valence-electron chi connectivity index (χ3n) is 5.48. The van der Waals surface area contributed by atoms with Crippen molar-refractivity contribution in [2.75, 3.05) is 7.11 Å². The molecular weight excluding hydrogens is 420 g/mol. The molecule has 0 radical (unpaired) electrons. The number of ether oxygens (including phenoxy) is 1. The van der Waals surface area contributed by atoms with Crippen LogP contribution in [0.2, 0.25) is 0 Å². The number of methoxy groups -OCH3 is 1. The quantitative estimate of drug-likeness (QED) is 0.410. The van der Waals surface area contributed by atoms with Crippen molar-refractivity contribution in [2.24, 2.45) is 0 Å². The molecule has 3 heterocycles. The summed E-state index contributed by atoms with van der Waals surface area (Å²) in [7, 11) is 1.66. The first-order valence-corrected chi connectivity index (χ1v) is 11.0. The zero-order chi connectivity index (χ0) is 21.5. The standard InChI is InChI=1S/C24H18N6OS/c1-31-18-11-9-16(10-12-18)20-14-21(26-25-20)23-29-30-22(27-28-24(30)32-23)13-17-7-4-6-15-5-2-3-8-19(15)17/h2-12,14H,13H2,1H3,(H,25,26). The lowest BCUT2D eigenvalue weighted by molar-refractivity contribution is 0.415. The van der Waals surface area contributed by atoms with Gasteiger partial charge in [0.05, 0.1) is 18.5 Å². The van der Waals surface area contributed by atoms with Gasteiger partial charge in [-0.25, -0.2) is 0 Å². The number of rotatable bonds is 5. The van der Waals surface area contributed by atoms with E-state index in [1.54, 1.807) is 7.11 Å². The third-order valence-corrected chi connectivity index (χ3v) is 6.41. The molecule has 156 valence electrons. The third kappa shape index (κ3) is 3.21. The van der Waals surface area contributed by atoms with Crippen LogP contribution in [0.15, 0.2) is 72.8 Å². The molecule has 1 N–H and O–H groups in total. The molecule has 0 unspecified atom stereocenters. The van der Waals surface area contributed by atoms with Crippen LogP contribution >= 0.6 is 11.3 Å². The summed E-state index contributed by atoms with van der Waals surface area (Å²) in [6.45, 7) is 0. The minimum Gasteiger partial charge on any atom is -0.497 e. The van der Waals surface area contributed by atoms with E-state index in [0.717, 1.165) is 38.5 Å². The van der Waals surface area contributed by atoms with Crippen LogP contribution in [0.25, 0.3) is 37.7 Å². The van der Waals surface area contributed by atoms with Crippen LogP contribution in [0.4, 0.5) is 0 Å². The first-order valence-electron chi connectivity index (χ1n) is 10.2. The monoisotopic (exact) mass is 438 g/mol. The second kappa shape index (κ2) is 7.58. The fraction of sp³-hybridized carbons (Fsp3) is 0.0833. The van der Waals surface area contributed by atoms with Gasteiger partial charge in [0.1, 0.15) is 5.75 Å². The molecule has 0 saturated carbocycles. The van der Waals surface area contributed by atoms with Crippen LogP contribution in [0.3, 0.4) is 0 Å². The minimum atomic E-state index is 0.658. The van der Waals surface area contributed by atoms with Crippen LogP contribution < -0.4 is 4.74 Å². The maximum atomic E-state index is 5.23. The summed E-state index contributed by atoms with van der Waals surface area (Å²) in [5.74, 6) is 1.63. The zero-order valence-electron chi connectivity index (χ0n) is 17.2. The second-order valence-corrected chi connectivity index (χ2v) is 8.38. The Kier molecular flexibility index (Phi) is 4.43. The highest BCUT2D eigenvalue weighted by molar-refractivity contribution is 7.19. The van der Waals surface area contributed by atoms with E-state index in [1.165, 1.54) is 27.7 Å². The lowest BCUT2D eigenvalue weighted by Crippen LogP contribution is -1.98. The number of nitrogens with one attached hydrogen (secondary N) is 1. The maximum absolute atomic E-state index is 5.23. The fourth-order valence-corrected chi connectivity index (χ4v) is 4.66. The van der Waals surface area contributed by atoms with E-state index in [0.29, 0.717) is 6.42 Å². The second-order valence-electron chi connectivity index (χ2n) is 7.43. The van der Waals surface area contributed by atoms with Crippen LogP contribution in [0, 0.1) is 0 Å². The highest BCUT2D eigenvalue weighted by Gasteiger charge is 2.16. The largest absolute Gasteiger partial charge is 0.497 e. The van der Waals surface area contributed by atoms with Crippen LogP contribution in [-0.4, -0.2) is 37.1 Å². The summed E-state index contributed by atoms with van der Waals surface area (Å²) < 4.78 is 7.06.